The van der Waals surface area contributed by atoms with Crippen LogP contribution in [-0.2, 0) is 11.8 Å². The van der Waals surface area contributed by atoms with Crippen LogP contribution < -0.4 is 0 Å². The number of halogens is 3. The van der Waals surface area contributed by atoms with E-state index in [4.69, 9.17) is 0 Å². The van der Waals surface area contributed by atoms with Gasteiger partial charge in [-0.2, -0.15) is 13.2 Å². The van der Waals surface area contributed by atoms with Crippen LogP contribution in [0.4, 0.5) is 13.2 Å². The van der Waals surface area contributed by atoms with Gasteiger partial charge in [-0.1, -0.05) is 18.6 Å². The number of aliphatic hydroxyl groups excluding tert-OH is 1. The third-order valence-corrected chi connectivity index (χ3v) is 4.55. The van der Waals surface area contributed by atoms with Gasteiger partial charge in [0.1, 0.15) is 0 Å². The van der Waals surface area contributed by atoms with Crippen molar-refractivity contribution >= 4 is 0 Å². The Morgan fingerprint density at radius 1 is 1.22 bits per heavy atom. The van der Waals surface area contributed by atoms with E-state index < -0.39 is 17.3 Å². The molecule has 0 amide bonds. The van der Waals surface area contributed by atoms with Crippen LogP contribution in [0.5, 0.6) is 0 Å². The number of nitrogens with zero attached hydrogens (tertiary/aromatic N) is 1. The second kappa shape index (κ2) is 6.79. The smallest absolute Gasteiger partial charge is 0.393 e. The Hall–Kier alpha value is -1.11. The zero-order valence-corrected chi connectivity index (χ0v) is 13.5. The van der Waals surface area contributed by atoms with Gasteiger partial charge < -0.3 is 15.1 Å². The minimum atomic E-state index is -4.42. The first-order valence-electron chi connectivity index (χ1n) is 7.86. The average Bonchev–Trinajstić information content (AvgIpc) is 2.83. The molecule has 1 fully saturated rings. The number of rotatable bonds is 5. The zero-order chi connectivity index (χ0) is 17.3. The monoisotopic (exact) mass is 331 g/mol. The van der Waals surface area contributed by atoms with Gasteiger partial charge in [-0.25, -0.2) is 0 Å². The second-order valence-electron chi connectivity index (χ2n) is 6.81. The first kappa shape index (κ1) is 18.2. The normalized spacial score (nSPS) is 24.9. The van der Waals surface area contributed by atoms with E-state index in [0.29, 0.717) is 6.54 Å². The summed E-state index contributed by atoms with van der Waals surface area (Å²) in [4.78, 5) is 1.87. The lowest BCUT2D eigenvalue weighted by atomic mass is 9.93. The van der Waals surface area contributed by atoms with Crippen LogP contribution in [0.15, 0.2) is 24.3 Å². The van der Waals surface area contributed by atoms with Gasteiger partial charge in [-0.15, -0.1) is 0 Å². The van der Waals surface area contributed by atoms with Gasteiger partial charge in [0.05, 0.1) is 17.3 Å². The van der Waals surface area contributed by atoms with Gasteiger partial charge >= 0.3 is 6.18 Å². The van der Waals surface area contributed by atoms with E-state index in [1.165, 1.54) is 19.1 Å². The maximum absolute atomic E-state index is 12.8. The lowest BCUT2D eigenvalue weighted by Gasteiger charge is -2.32. The summed E-state index contributed by atoms with van der Waals surface area (Å²) < 4.78 is 38.4. The minimum Gasteiger partial charge on any atom is -0.393 e. The fourth-order valence-corrected chi connectivity index (χ4v) is 3.34. The Labute approximate surface area is 134 Å². The molecule has 0 aliphatic heterocycles. The molecule has 0 spiro atoms. The van der Waals surface area contributed by atoms with Crippen LogP contribution in [0.25, 0.3) is 0 Å². The van der Waals surface area contributed by atoms with Crippen molar-refractivity contribution in [1.82, 2.24) is 4.90 Å². The Morgan fingerprint density at radius 3 is 2.43 bits per heavy atom. The molecule has 0 aromatic heterocycles. The predicted octanol–water partition coefficient (Wildman–Crippen LogP) is 3.01. The zero-order valence-electron chi connectivity index (χ0n) is 13.5. The highest BCUT2D eigenvalue weighted by molar-refractivity contribution is 5.29. The van der Waals surface area contributed by atoms with E-state index in [1.807, 2.05) is 11.9 Å². The summed E-state index contributed by atoms with van der Waals surface area (Å²) in [7, 11) is 1.81. The van der Waals surface area contributed by atoms with Crippen LogP contribution >= 0.6 is 0 Å². The highest BCUT2D eigenvalue weighted by Crippen LogP contribution is 2.33. The van der Waals surface area contributed by atoms with E-state index in [-0.39, 0.29) is 24.1 Å². The largest absolute Gasteiger partial charge is 0.416 e. The Morgan fingerprint density at radius 2 is 1.87 bits per heavy atom. The van der Waals surface area contributed by atoms with Crippen LogP contribution in [-0.4, -0.2) is 41.4 Å². The summed E-state index contributed by atoms with van der Waals surface area (Å²) in [5.74, 6) is 0.164. The average molecular weight is 331 g/mol. The number of likely N-dealkylation sites (N-methyl/N-ethyl adjacent to an activating group) is 1. The molecule has 1 saturated carbocycles. The maximum atomic E-state index is 12.8. The van der Waals surface area contributed by atoms with Crippen LogP contribution in [0.3, 0.4) is 0 Å². The van der Waals surface area contributed by atoms with Crippen molar-refractivity contribution in [3.8, 4) is 0 Å². The van der Waals surface area contributed by atoms with E-state index in [0.717, 1.165) is 31.4 Å². The molecule has 1 aromatic carbocycles. The molecule has 3 unspecified atom stereocenters. The number of hydrogen-bond donors (Lipinski definition) is 2. The first-order valence-corrected chi connectivity index (χ1v) is 7.86. The lowest BCUT2D eigenvalue weighted by Crippen LogP contribution is -2.40. The quantitative estimate of drug-likeness (QED) is 0.872. The van der Waals surface area contributed by atoms with Crippen molar-refractivity contribution in [3.63, 3.8) is 0 Å². The number of alkyl halides is 3. The van der Waals surface area contributed by atoms with Crippen molar-refractivity contribution in [1.29, 1.82) is 0 Å². The van der Waals surface area contributed by atoms with Gasteiger partial charge in [0.15, 0.2) is 0 Å². The third-order valence-electron chi connectivity index (χ3n) is 4.55. The Bertz CT molecular complexity index is 531. The number of benzene rings is 1. The molecule has 0 heterocycles. The summed E-state index contributed by atoms with van der Waals surface area (Å²) in [5.41, 5.74) is -1.91. The Kier molecular flexibility index (Phi) is 5.38. The predicted molar refractivity (Wildman–Crippen MR) is 81.9 cm³/mol. The number of aliphatic hydroxyl groups is 2. The van der Waals surface area contributed by atoms with Crippen molar-refractivity contribution in [2.45, 2.75) is 44.1 Å². The molecule has 3 nitrogen and oxygen atoms in total. The van der Waals surface area contributed by atoms with Crippen LogP contribution in [0, 0.1) is 5.92 Å². The standard InChI is InChI=1S/C17H24F3NO2/c1-16(23,11-21(2)10-12-5-3-8-15(12)22)13-6-4-7-14(9-13)17(18,19)20/h4,6-7,9,12,15,22-23H,3,5,8,10-11H2,1-2H3. The molecule has 0 radical (unpaired) electrons. The molecule has 2 rings (SSSR count). The van der Waals surface area contributed by atoms with E-state index >= 15 is 0 Å². The Balaban J connectivity index is 2.06. The van der Waals surface area contributed by atoms with Crippen LogP contribution in [0.2, 0.25) is 0 Å². The van der Waals surface area contributed by atoms with Gasteiger partial charge in [0.2, 0.25) is 0 Å². The molecule has 130 valence electrons. The minimum absolute atomic E-state index is 0.164. The maximum Gasteiger partial charge on any atom is 0.416 e. The summed E-state index contributed by atoms with van der Waals surface area (Å²) >= 11 is 0. The van der Waals surface area contributed by atoms with E-state index in [9.17, 15) is 23.4 Å². The first-order chi connectivity index (χ1) is 10.6. The molecule has 0 saturated heterocycles. The molecule has 6 heteroatoms. The summed E-state index contributed by atoms with van der Waals surface area (Å²) in [5, 5.41) is 20.5. The van der Waals surface area contributed by atoms with E-state index in [1.54, 1.807) is 0 Å². The summed E-state index contributed by atoms with van der Waals surface area (Å²) in [6, 6.07) is 4.82. The third kappa shape index (κ3) is 4.68. The molecule has 0 bridgehead atoms. The topological polar surface area (TPSA) is 43.7 Å². The second-order valence-corrected chi connectivity index (χ2v) is 6.81. The van der Waals surface area contributed by atoms with Crippen molar-refractivity contribution in [2.75, 3.05) is 20.1 Å². The molecule has 3 atom stereocenters. The molecule has 1 aliphatic carbocycles. The van der Waals surface area contributed by atoms with Crippen molar-refractivity contribution in [2.24, 2.45) is 5.92 Å². The molecule has 2 N–H and O–H groups in total. The van der Waals surface area contributed by atoms with Gasteiger partial charge in [0.25, 0.3) is 0 Å². The van der Waals surface area contributed by atoms with Gasteiger partial charge in [-0.05, 0) is 50.4 Å². The highest BCUT2D eigenvalue weighted by Gasteiger charge is 2.34. The van der Waals surface area contributed by atoms with Gasteiger partial charge in [0, 0.05) is 13.1 Å². The number of hydrogen-bond acceptors (Lipinski definition) is 3. The molecular weight excluding hydrogens is 307 g/mol. The SMILES string of the molecule is CN(CC1CCCC1O)CC(C)(O)c1cccc(C(F)(F)F)c1. The van der Waals surface area contributed by atoms with Crippen molar-refractivity contribution in [3.05, 3.63) is 35.4 Å². The molecular formula is C17H24F3NO2. The molecule has 1 aliphatic rings. The highest BCUT2D eigenvalue weighted by atomic mass is 19.4. The van der Waals surface area contributed by atoms with Crippen LogP contribution in [0.1, 0.15) is 37.3 Å². The van der Waals surface area contributed by atoms with Gasteiger partial charge in [-0.3, -0.25) is 0 Å². The molecule has 1 aromatic rings. The fraction of sp³-hybridized carbons (Fsp3) is 0.647. The van der Waals surface area contributed by atoms with Crippen molar-refractivity contribution < 1.29 is 23.4 Å². The molecule has 23 heavy (non-hydrogen) atoms. The lowest BCUT2D eigenvalue weighted by molar-refractivity contribution is -0.137. The van der Waals surface area contributed by atoms with E-state index in [2.05, 4.69) is 0 Å². The fourth-order valence-electron chi connectivity index (χ4n) is 3.34. The summed E-state index contributed by atoms with van der Waals surface area (Å²) in [6.07, 6.45) is -2.02. The summed E-state index contributed by atoms with van der Waals surface area (Å²) in [6.45, 7) is 2.35.